The fraction of sp³-hybridized carbons (Fsp3) is 0.400. The fourth-order valence-electron chi connectivity index (χ4n) is 2.18. The van der Waals surface area contributed by atoms with E-state index in [2.05, 4.69) is 12.0 Å². The molecule has 0 aliphatic carbocycles. The maximum absolute atomic E-state index is 10.4. The van der Waals surface area contributed by atoms with Gasteiger partial charge in [-0.05, 0) is 37.1 Å². The van der Waals surface area contributed by atoms with Crippen LogP contribution in [0.5, 0.6) is 0 Å². The Bertz CT molecular complexity index is 596. The lowest BCUT2D eigenvalue weighted by Gasteiger charge is -2.12. The highest BCUT2D eigenvalue weighted by molar-refractivity contribution is 6.42. The average molecular weight is 313 g/mol. The van der Waals surface area contributed by atoms with Gasteiger partial charge in [-0.15, -0.1) is 0 Å². The van der Waals surface area contributed by atoms with Crippen LogP contribution in [-0.2, 0) is 19.4 Å². The molecule has 0 aliphatic rings. The summed E-state index contributed by atoms with van der Waals surface area (Å²) in [6, 6.07) is 7.39. The van der Waals surface area contributed by atoms with E-state index in [1.807, 2.05) is 23.7 Å². The summed E-state index contributed by atoms with van der Waals surface area (Å²) in [7, 11) is 0. The number of aromatic nitrogens is 2. The van der Waals surface area contributed by atoms with E-state index in [9.17, 15) is 5.11 Å². The van der Waals surface area contributed by atoms with Gasteiger partial charge in [0.15, 0.2) is 0 Å². The molecule has 0 radical (unpaired) electrons. The average Bonchev–Trinajstić information content (AvgIpc) is 2.86. The highest BCUT2D eigenvalue weighted by atomic mass is 35.5. The van der Waals surface area contributed by atoms with Gasteiger partial charge in [-0.1, -0.05) is 36.2 Å². The molecule has 3 nitrogen and oxygen atoms in total. The largest absolute Gasteiger partial charge is 0.386 e. The maximum Gasteiger partial charge on any atom is 0.0996 e. The van der Waals surface area contributed by atoms with Crippen molar-refractivity contribution in [3.8, 4) is 0 Å². The molecule has 1 heterocycles. The fourth-order valence-corrected chi connectivity index (χ4v) is 2.50. The van der Waals surface area contributed by atoms with Crippen LogP contribution in [0.25, 0.3) is 0 Å². The van der Waals surface area contributed by atoms with Crippen LogP contribution in [-0.4, -0.2) is 14.9 Å². The Morgan fingerprint density at radius 2 is 1.95 bits per heavy atom. The van der Waals surface area contributed by atoms with Crippen molar-refractivity contribution < 1.29 is 5.11 Å². The highest BCUT2D eigenvalue weighted by Gasteiger charge is 2.16. The summed E-state index contributed by atoms with van der Waals surface area (Å²) < 4.78 is 1.85. The highest BCUT2D eigenvalue weighted by Crippen LogP contribution is 2.26. The zero-order valence-corrected chi connectivity index (χ0v) is 13.1. The van der Waals surface area contributed by atoms with Gasteiger partial charge in [0.2, 0.25) is 0 Å². The Balaban J connectivity index is 2.20. The van der Waals surface area contributed by atoms with Crippen molar-refractivity contribution in [1.29, 1.82) is 0 Å². The van der Waals surface area contributed by atoms with Crippen LogP contribution in [0.15, 0.2) is 24.3 Å². The third kappa shape index (κ3) is 3.35. The van der Waals surface area contributed by atoms with Crippen molar-refractivity contribution in [2.75, 3.05) is 0 Å². The van der Waals surface area contributed by atoms with E-state index in [4.69, 9.17) is 23.2 Å². The predicted molar refractivity (Wildman–Crippen MR) is 82.4 cm³/mol. The number of rotatable bonds is 5. The van der Waals surface area contributed by atoms with Crippen LogP contribution in [0, 0.1) is 0 Å². The van der Waals surface area contributed by atoms with Gasteiger partial charge in [0.25, 0.3) is 0 Å². The molecule has 1 aromatic heterocycles. The number of aryl methyl sites for hydroxylation is 2. The van der Waals surface area contributed by atoms with Gasteiger partial charge in [0.05, 0.1) is 27.5 Å². The lowest BCUT2D eigenvalue weighted by Crippen LogP contribution is -2.10. The lowest BCUT2D eigenvalue weighted by molar-refractivity contribution is 0.167. The Morgan fingerprint density at radius 3 is 2.55 bits per heavy atom. The van der Waals surface area contributed by atoms with Gasteiger partial charge in [-0.25, -0.2) is 0 Å². The summed E-state index contributed by atoms with van der Waals surface area (Å²) >= 11 is 11.9. The molecule has 2 aromatic rings. The van der Waals surface area contributed by atoms with Gasteiger partial charge in [-0.2, -0.15) is 5.10 Å². The molecule has 0 saturated heterocycles. The van der Waals surface area contributed by atoms with Crippen LogP contribution in [0.3, 0.4) is 0 Å². The molecular weight excluding hydrogens is 295 g/mol. The van der Waals surface area contributed by atoms with Crippen molar-refractivity contribution in [2.24, 2.45) is 0 Å². The summed E-state index contributed by atoms with van der Waals surface area (Å²) in [4.78, 5) is 0. The van der Waals surface area contributed by atoms with Crippen LogP contribution < -0.4 is 0 Å². The number of halogens is 2. The molecular formula is C15H18Cl2N2O. The summed E-state index contributed by atoms with van der Waals surface area (Å²) in [6.07, 6.45) is 0.755. The third-order valence-electron chi connectivity index (χ3n) is 3.28. The molecule has 1 atom stereocenters. The molecule has 1 aromatic carbocycles. The van der Waals surface area contributed by atoms with Gasteiger partial charge in [0, 0.05) is 13.0 Å². The van der Waals surface area contributed by atoms with Gasteiger partial charge >= 0.3 is 0 Å². The molecule has 108 valence electrons. The van der Waals surface area contributed by atoms with Crippen LogP contribution in [0.1, 0.15) is 36.9 Å². The number of aliphatic hydroxyl groups is 1. The number of hydrogen-bond donors (Lipinski definition) is 1. The van der Waals surface area contributed by atoms with Gasteiger partial charge in [0.1, 0.15) is 0 Å². The van der Waals surface area contributed by atoms with Crippen molar-refractivity contribution in [1.82, 2.24) is 9.78 Å². The first-order valence-corrected chi connectivity index (χ1v) is 7.49. The second kappa shape index (κ2) is 6.61. The number of hydrogen-bond acceptors (Lipinski definition) is 2. The molecule has 5 heteroatoms. The summed E-state index contributed by atoms with van der Waals surface area (Å²) in [5.74, 6) is 0. The number of benzene rings is 1. The molecule has 0 saturated carbocycles. The minimum atomic E-state index is -0.597. The number of aliphatic hydroxyl groups excluding tert-OH is 1. The molecule has 0 aliphatic heterocycles. The zero-order valence-electron chi connectivity index (χ0n) is 11.6. The second-order valence-electron chi connectivity index (χ2n) is 4.70. The van der Waals surface area contributed by atoms with Crippen molar-refractivity contribution in [3.63, 3.8) is 0 Å². The van der Waals surface area contributed by atoms with E-state index >= 15 is 0 Å². The van der Waals surface area contributed by atoms with Crippen LogP contribution in [0.4, 0.5) is 0 Å². The van der Waals surface area contributed by atoms with Crippen LogP contribution in [0.2, 0.25) is 10.0 Å². The van der Waals surface area contributed by atoms with E-state index in [0.717, 1.165) is 29.9 Å². The molecule has 1 N–H and O–H groups in total. The Kier molecular flexibility index (Phi) is 5.08. The first kappa shape index (κ1) is 15.4. The monoisotopic (exact) mass is 312 g/mol. The Hall–Kier alpha value is -1.03. The molecule has 2 rings (SSSR count). The molecule has 0 bridgehead atoms. The molecule has 0 spiro atoms. The normalized spacial score (nSPS) is 12.7. The van der Waals surface area contributed by atoms with E-state index in [1.165, 1.54) is 0 Å². The maximum atomic E-state index is 10.4. The second-order valence-corrected chi connectivity index (χ2v) is 5.51. The summed E-state index contributed by atoms with van der Waals surface area (Å²) in [5.41, 5.74) is 2.79. The third-order valence-corrected chi connectivity index (χ3v) is 4.02. The van der Waals surface area contributed by atoms with Crippen LogP contribution >= 0.6 is 23.2 Å². The molecule has 0 fully saturated rings. The van der Waals surface area contributed by atoms with E-state index in [1.54, 1.807) is 12.1 Å². The summed E-state index contributed by atoms with van der Waals surface area (Å²) in [5, 5.41) is 15.9. The predicted octanol–water partition coefficient (Wildman–Crippen LogP) is 4.05. The molecule has 20 heavy (non-hydrogen) atoms. The van der Waals surface area contributed by atoms with Crippen molar-refractivity contribution in [2.45, 2.75) is 39.3 Å². The first-order valence-electron chi connectivity index (χ1n) is 6.73. The smallest absolute Gasteiger partial charge is 0.0996 e. The number of nitrogens with zero attached hydrogens (tertiary/aromatic N) is 2. The van der Waals surface area contributed by atoms with E-state index in [-0.39, 0.29) is 0 Å². The Morgan fingerprint density at radius 1 is 1.20 bits per heavy atom. The van der Waals surface area contributed by atoms with Gasteiger partial charge < -0.3 is 5.11 Å². The quantitative estimate of drug-likeness (QED) is 0.904. The topological polar surface area (TPSA) is 38.0 Å². The minimum Gasteiger partial charge on any atom is -0.386 e. The zero-order chi connectivity index (χ0) is 14.7. The summed E-state index contributed by atoms with van der Waals surface area (Å²) in [6.45, 7) is 4.81. The SMILES string of the molecule is CCc1cc(C(O)Cc2ccc(Cl)c(Cl)c2)n(CC)n1. The Labute approximate surface area is 129 Å². The van der Waals surface area contributed by atoms with Crippen molar-refractivity contribution in [3.05, 3.63) is 51.3 Å². The standard InChI is InChI=1S/C15H18Cl2N2O/c1-3-11-9-14(19(4-2)18-11)15(20)8-10-5-6-12(16)13(17)7-10/h5-7,9,15,20H,3-4,8H2,1-2H3. The minimum absolute atomic E-state index is 0.492. The van der Waals surface area contributed by atoms with E-state index in [0.29, 0.717) is 16.5 Å². The van der Waals surface area contributed by atoms with Gasteiger partial charge in [-0.3, -0.25) is 4.68 Å². The van der Waals surface area contributed by atoms with E-state index < -0.39 is 6.10 Å². The van der Waals surface area contributed by atoms with Crippen molar-refractivity contribution >= 4 is 23.2 Å². The molecule has 1 unspecified atom stereocenters. The lowest BCUT2D eigenvalue weighted by atomic mass is 10.1. The first-order chi connectivity index (χ1) is 9.55. The molecule has 0 amide bonds.